The van der Waals surface area contributed by atoms with Crippen LogP contribution in [0, 0.1) is 5.82 Å². The summed E-state index contributed by atoms with van der Waals surface area (Å²) in [4.78, 5) is 64.7. The van der Waals surface area contributed by atoms with Crippen molar-refractivity contribution in [2.45, 2.75) is 18.4 Å². The molecule has 0 aliphatic carbocycles. The Morgan fingerprint density at radius 3 is 2.61 bits per heavy atom. The van der Waals surface area contributed by atoms with Gasteiger partial charge in [0.15, 0.2) is 5.82 Å². The number of halogens is 2. The van der Waals surface area contributed by atoms with Crippen molar-refractivity contribution in [1.82, 2.24) is 20.4 Å². The van der Waals surface area contributed by atoms with Gasteiger partial charge in [-0.05, 0) is 30.2 Å². The Morgan fingerprint density at radius 1 is 1.20 bits per heavy atom. The number of carboxylic acids is 1. The Labute approximate surface area is 236 Å². The van der Waals surface area contributed by atoms with Crippen LogP contribution >= 0.6 is 11.6 Å². The highest BCUT2D eigenvalue weighted by atomic mass is 35.5. The van der Waals surface area contributed by atoms with Crippen LogP contribution in [0.1, 0.15) is 27.5 Å². The molecule has 2 heterocycles. The van der Waals surface area contributed by atoms with Crippen molar-refractivity contribution in [3.05, 3.63) is 57.9 Å². The summed E-state index contributed by atoms with van der Waals surface area (Å²) in [5, 5.41) is 33.6. The van der Waals surface area contributed by atoms with E-state index in [9.17, 15) is 39.2 Å². The third kappa shape index (κ3) is 5.89. The van der Waals surface area contributed by atoms with Gasteiger partial charge in [0, 0.05) is 31.7 Å². The first-order valence-corrected chi connectivity index (χ1v) is 12.6. The number of nitrogens with zero attached hydrogens (tertiary/aromatic N) is 2. The molecule has 2 aliphatic rings. The standard InChI is InChI=1S/C24H24BClFN5O9/c26-16-14(33)5-4-12(17(16)27)18(30-24(39)32-9-8-31(7-6-28)21(35)22(32)36)20(34)29-15-10-11-2-1-3-13(23(37)38)19(11)41-25(15)40/h1-5,15,18,33,40H,6-10,28H2,(H,29,34)(H,30,39)(H,37,38)/t15-,18-/m0/s1. The van der Waals surface area contributed by atoms with Crippen molar-refractivity contribution in [3.63, 3.8) is 0 Å². The minimum atomic E-state index is -1.87. The Balaban J connectivity index is 1.60. The first-order chi connectivity index (χ1) is 19.4. The fraction of sp³-hybridized carbons (Fsp3) is 0.292. The monoisotopic (exact) mass is 591 g/mol. The number of urea groups is 1. The molecule has 2 aromatic carbocycles. The molecule has 14 nitrogen and oxygen atoms in total. The lowest BCUT2D eigenvalue weighted by Gasteiger charge is -2.33. The molecule has 0 spiro atoms. The lowest BCUT2D eigenvalue weighted by Crippen LogP contribution is -2.60. The largest absolute Gasteiger partial charge is 0.547 e. The molecule has 0 unspecified atom stereocenters. The number of rotatable bonds is 7. The zero-order valence-corrected chi connectivity index (χ0v) is 21.9. The molecule has 1 saturated heterocycles. The smallest absolute Gasteiger partial charge is 0.534 e. The summed E-state index contributed by atoms with van der Waals surface area (Å²) in [7, 11) is -1.73. The van der Waals surface area contributed by atoms with Crippen LogP contribution in [0.15, 0.2) is 30.3 Å². The number of hydrogen-bond donors (Lipinski definition) is 6. The average Bonchev–Trinajstić information content (AvgIpc) is 2.93. The second-order valence-corrected chi connectivity index (χ2v) is 9.53. The van der Waals surface area contributed by atoms with Crippen molar-refractivity contribution in [3.8, 4) is 11.5 Å². The predicted molar refractivity (Wildman–Crippen MR) is 139 cm³/mol. The summed E-state index contributed by atoms with van der Waals surface area (Å²) in [6.07, 6.45) is -0.0983. The molecule has 7 N–H and O–H groups in total. The quantitative estimate of drug-likeness (QED) is 0.178. The number of aromatic hydroxyl groups is 1. The molecule has 0 bridgehead atoms. The van der Waals surface area contributed by atoms with E-state index in [0.717, 1.165) is 17.0 Å². The van der Waals surface area contributed by atoms with E-state index in [0.29, 0.717) is 10.5 Å². The van der Waals surface area contributed by atoms with Crippen molar-refractivity contribution in [2.24, 2.45) is 5.73 Å². The third-order valence-electron chi connectivity index (χ3n) is 6.56. The molecule has 1 fully saturated rings. The maximum absolute atomic E-state index is 15.1. The van der Waals surface area contributed by atoms with Crippen LogP contribution in [0.5, 0.6) is 11.5 Å². The molecule has 5 amide bonds. The van der Waals surface area contributed by atoms with Gasteiger partial charge in [0.2, 0.25) is 5.91 Å². The fourth-order valence-electron chi connectivity index (χ4n) is 4.48. The molecule has 216 valence electrons. The van der Waals surface area contributed by atoms with Crippen LogP contribution in [0.4, 0.5) is 9.18 Å². The number of hydrogen-bond acceptors (Lipinski definition) is 9. The average molecular weight is 592 g/mol. The van der Waals surface area contributed by atoms with E-state index in [4.69, 9.17) is 22.0 Å². The molecular formula is C24H24BClFN5O9. The maximum Gasteiger partial charge on any atom is 0.547 e. The van der Waals surface area contributed by atoms with E-state index in [2.05, 4.69) is 10.6 Å². The van der Waals surface area contributed by atoms with Crippen molar-refractivity contribution in [2.75, 3.05) is 26.2 Å². The number of phenols is 1. The van der Waals surface area contributed by atoms with Gasteiger partial charge in [-0.15, -0.1) is 0 Å². The van der Waals surface area contributed by atoms with E-state index >= 15 is 4.39 Å². The third-order valence-corrected chi connectivity index (χ3v) is 6.92. The topological polar surface area (TPSA) is 212 Å². The van der Waals surface area contributed by atoms with Gasteiger partial charge in [-0.2, -0.15) is 0 Å². The lowest BCUT2D eigenvalue weighted by atomic mass is 9.72. The Kier molecular flexibility index (Phi) is 8.65. The van der Waals surface area contributed by atoms with E-state index in [1.807, 2.05) is 0 Å². The zero-order valence-electron chi connectivity index (χ0n) is 21.2. The second-order valence-electron chi connectivity index (χ2n) is 9.15. The molecule has 0 aromatic heterocycles. The number of aromatic carboxylic acids is 1. The highest BCUT2D eigenvalue weighted by molar-refractivity contribution is 6.47. The first-order valence-electron chi connectivity index (χ1n) is 12.2. The normalized spacial score (nSPS) is 17.5. The number of imide groups is 1. The zero-order chi connectivity index (χ0) is 30.0. The number of benzene rings is 2. The van der Waals surface area contributed by atoms with Crippen LogP contribution in [0.25, 0.3) is 0 Å². The minimum Gasteiger partial charge on any atom is -0.534 e. The van der Waals surface area contributed by atoms with Gasteiger partial charge in [0.1, 0.15) is 22.6 Å². The summed E-state index contributed by atoms with van der Waals surface area (Å²) in [6, 6.07) is 3.15. The second kappa shape index (κ2) is 12.0. The number of amides is 5. The lowest BCUT2D eigenvalue weighted by molar-refractivity contribution is -0.153. The molecule has 41 heavy (non-hydrogen) atoms. The van der Waals surface area contributed by atoms with Crippen molar-refractivity contribution in [1.29, 1.82) is 0 Å². The Bertz CT molecular complexity index is 1430. The molecular weight excluding hydrogens is 568 g/mol. The summed E-state index contributed by atoms with van der Waals surface area (Å²) >= 11 is 5.81. The minimum absolute atomic E-state index is 0.0190. The van der Waals surface area contributed by atoms with Crippen LogP contribution in [-0.4, -0.2) is 94.0 Å². The predicted octanol–water partition coefficient (Wildman–Crippen LogP) is -0.597. The summed E-state index contributed by atoms with van der Waals surface area (Å²) in [6.45, 7) is -0.0748. The molecule has 2 aromatic rings. The van der Waals surface area contributed by atoms with Crippen LogP contribution < -0.4 is 21.0 Å². The molecule has 4 rings (SSSR count). The number of nitrogens with two attached hydrogens (primary N) is 1. The number of phenolic OH excluding ortho intramolecular Hbond substituents is 1. The van der Waals surface area contributed by atoms with Gasteiger partial charge in [-0.1, -0.05) is 23.7 Å². The number of carbonyl (C=O) groups is 5. The maximum atomic E-state index is 15.1. The van der Waals surface area contributed by atoms with E-state index in [-0.39, 0.29) is 43.9 Å². The van der Waals surface area contributed by atoms with E-state index in [1.165, 1.54) is 18.2 Å². The number of nitrogens with one attached hydrogen (secondary N) is 2. The van der Waals surface area contributed by atoms with Crippen LogP contribution in [0.2, 0.25) is 5.02 Å². The van der Waals surface area contributed by atoms with E-state index < -0.39 is 71.0 Å². The summed E-state index contributed by atoms with van der Waals surface area (Å²) in [5.74, 6) is -7.71. The van der Waals surface area contributed by atoms with Gasteiger partial charge in [0.05, 0.1) is 11.5 Å². The number of para-hydroxylation sites is 1. The van der Waals surface area contributed by atoms with Gasteiger partial charge in [-0.25, -0.2) is 14.0 Å². The van der Waals surface area contributed by atoms with Gasteiger partial charge < -0.3 is 41.2 Å². The summed E-state index contributed by atoms with van der Waals surface area (Å²) < 4.78 is 20.5. The fourth-order valence-corrected chi connectivity index (χ4v) is 4.65. The van der Waals surface area contributed by atoms with Crippen molar-refractivity contribution < 1.29 is 48.3 Å². The van der Waals surface area contributed by atoms with Crippen LogP contribution in [0.3, 0.4) is 0 Å². The van der Waals surface area contributed by atoms with Crippen LogP contribution in [-0.2, 0) is 20.8 Å². The number of carboxylic acid groups (broad SMARTS) is 1. The van der Waals surface area contributed by atoms with Crippen molar-refractivity contribution >= 4 is 48.4 Å². The Morgan fingerprint density at radius 2 is 1.93 bits per heavy atom. The number of carbonyl (C=O) groups excluding carboxylic acids is 4. The van der Waals surface area contributed by atoms with Gasteiger partial charge in [-0.3, -0.25) is 19.3 Å². The molecule has 0 radical (unpaired) electrons. The molecule has 17 heteroatoms. The van der Waals surface area contributed by atoms with Gasteiger partial charge >= 0.3 is 30.9 Å². The van der Waals surface area contributed by atoms with E-state index in [1.54, 1.807) is 0 Å². The molecule has 2 aliphatic heterocycles. The highest BCUT2D eigenvalue weighted by Crippen LogP contribution is 2.33. The molecule has 0 saturated carbocycles. The van der Waals surface area contributed by atoms with Gasteiger partial charge in [0.25, 0.3) is 0 Å². The SMILES string of the molecule is NCCN1CCN(C(=O)N[C@H](C(=O)N[C@H]2Cc3cccc(C(=O)O)c3OB2O)c2ccc(O)c(Cl)c2F)C(=O)C1=O. The summed E-state index contributed by atoms with van der Waals surface area (Å²) in [5.41, 5.74) is 5.08. The highest BCUT2D eigenvalue weighted by Gasteiger charge is 2.41. The number of fused-ring (bicyclic) bond motifs is 1. The molecule has 2 atom stereocenters. The first kappa shape index (κ1) is 29.6. The Hall–Kier alpha value is -4.41. The number of piperazine rings is 1.